The molecule has 0 radical (unpaired) electrons. The molecule has 0 bridgehead atoms. The van der Waals surface area contributed by atoms with Crippen LogP contribution in [0.25, 0.3) is 17.3 Å². The molecule has 0 aliphatic heterocycles. The van der Waals surface area contributed by atoms with E-state index in [1.54, 1.807) is 18.2 Å². The number of nitrogens with one attached hydrogen (secondary N) is 1. The normalized spacial score (nSPS) is 11.5. The first-order chi connectivity index (χ1) is 16.4. The van der Waals surface area contributed by atoms with Crippen molar-refractivity contribution in [3.63, 3.8) is 0 Å². The molecule has 0 unspecified atom stereocenters. The first kappa shape index (κ1) is 20.8. The van der Waals surface area contributed by atoms with Crippen LogP contribution >= 0.6 is 0 Å². The van der Waals surface area contributed by atoms with E-state index in [9.17, 15) is 23.2 Å². The fourth-order valence-corrected chi connectivity index (χ4v) is 3.33. The van der Waals surface area contributed by atoms with Crippen molar-refractivity contribution < 1.29 is 18.0 Å². The summed E-state index contributed by atoms with van der Waals surface area (Å²) < 4.78 is 44.1. The third kappa shape index (κ3) is 3.50. The zero-order valence-corrected chi connectivity index (χ0v) is 16.8. The molecule has 34 heavy (non-hydrogen) atoms. The molecule has 5 heterocycles. The average molecular weight is 464 g/mol. The van der Waals surface area contributed by atoms with Gasteiger partial charge in [0.2, 0.25) is 0 Å². The van der Waals surface area contributed by atoms with E-state index < -0.39 is 23.3 Å². The van der Waals surface area contributed by atoms with Crippen LogP contribution in [0.2, 0.25) is 0 Å². The molecule has 0 aliphatic carbocycles. The molecule has 14 heteroatoms. The predicted octanol–water partition coefficient (Wildman–Crippen LogP) is 2.64. The molecular weight excluding hydrogens is 453 g/mol. The molecule has 5 rings (SSSR count). The minimum Gasteiger partial charge on any atom is -0.320 e. The maximum atomic E-state index is 14.0. The summed E-state index contributed by atoms with van der Waals surface area (Å²) >= 11 is 0. The first-order valence-electron chi connectivity index (χ1n) is 9.52. The van der Waals surface area contributed by atoms with Crippen molar-refractivity contribution in [3.8, 4) is 17.7 Å². The lowest BCUT2D eigenvalue weighted by molar-refractivity contribution is -0.143. The number of nitrogens with zero attached hydrogens (tertiary/aromatic N) is 9. The molecule has 0 aliphatic rings. The molecule has 5 aromatic rings. The number of imidazole rings is 1. The number of alkyl halides is 3. The van der Waals surface area contributed by atoms with Gasteiger partial charge in [0, 0.05) is 6.20 Å². The van der Waals surface area contributed by atoms with Crippen LogP contribution in [0.1, 0.15) is 21.6 Å². The fraction of sp³-hybridized carbons (Fsp3) is 0.0500. The Kier molecular flexibility index (Phi) is 4.79. The van der Waals surface area contributed by atoms with Crippen molar-refractivity contribution in [3.05, 3.63) is 78.3 Å². The number of rotatable bonds is 4. The molecule has 168 valence electrons. The van der Waals surface area contributed by atoms with Gasteiger partial charge in [0.25, 0.3) is 5.91 Å². The molecule has 0 saturated carbocycles. The number of anilines is 1. The summed E-state index contributed by atoms with van der Waals surface area (Å²) in [5.74, 6) is -0.976. The molecule has 1 amide bonds. The number of amides is 1. The zero-order chi connectivity index (χ0) is 23.9. The number of hydrogen-bond acceptors (Lipinski definition) is 7. The standard InChI is InChI=1S/C20H11F3N10O/c21-20(22,23)17-14(10-29-32(17)16-11-25-15-3-1-2-6-31(15)16)19(34)30-13-7-12(8-24)18(26-9-13)33-27-4-5-28-33/h1-7,9-11H,(H,30,34). The Hall–Kier alpha value is -5.06. The van der Waals surface area contributed by atoms with Crippen LogP contribution in [0, 0.1) is 11.3 Å². The number of fused-ring (bicyclic) bond motifs is 1. The van der Waals surface area contributed by atoms with Crippen LogP contribution in [-0.4, -0.2) is 45.1 Å². The van der Waals surface area contributed by atoms with Crippen LogP contribution in [0.3, 0.4) is 0 Å². The van der Waals surface area contributed by atoms with E-state index in [-0.39, 0.29) is 22.9 Å². The van der Waals surface area contributed by atoms with Crippen LogP contribution in [-0.2, 0) is 6.18 Å². The number of carbonyl (C=O) groups excluding carboxylic acids is 1. The number of halogens is 3. The fourth-order valence-electron chi connectivity index (χ4n) is 3.33. The average Bonchev–Trinajstić information content (AvgIpc) is 3.57. The summed E-state index contributed by atoms with van der Waals surface area (Å²) in [6.45, 7) is 0. The lowest BCUT2D eigenvalue weighted by Crippen LogP contribution is -2.21. The summed E-state index contributed by atoms with van der Waals surface area (Å²) in [5, 5.41) is 23.3. The van der Waals surface area contributed by atoms with Crippen molar-refractivity contribution in [1.82, 2.24) is 39.1 Å². The van der Waals surface area contributed by atoms with Gasteiger partial charge in [-0.3, -0.25) is 9.20 Å². The molecular formula is C20H11F3N10O. The second-order valence-electron chi connectivity index (χ2n) is 6.84. The van der Waals surface area contributed by atoms with Crippen molar-refractivity contribution in [2.24, 2.45) is 0 Å². The van der Waals surface area contributed by atoms with Crippen molar-refractivity contribution >= 4 is 17.2 Å². The highest BCUT2D eigenvalue weighted by Gasteiger charge is 2.41. The summed E-state index contributed by atoms with van der Waals surface area (Å²) in [4.78, 5) is 22.0. The van der Waals surface area contributed by atoms with Gasteiger partial charge in [0.1, 0.15) is 17.3 Å². The smallest absolute Gasteiger partial charge is 0.320 e. The molecule has 11 nitrogen and oxygen atoms in total. The topological polar surface area (TPSA) is 132 Å². The molecule has 0 saturated heterocycles. The second-order valence-corrected chi connectivity index (χ2v) is 6.84. The van der Waals surface area contributed by atoms with Gasteiger partial charge >= 0.3 is 6.18 Å². The number of nitriles is 1. The van der Waals surface area contributed by atoms with Gasteiger partial charge in [-0.05, 0) is 18.2 Å². The molecule has 0 aromatic carbocycles. The minimum absolute atomic E-state index is 0.00599. The Morgan fingerprint density at radius 2 is 1.85 bits per heavy atom. The maximum Gasteiger partial charge on any atom is 0.434 e. The molecule has 0 fully saturated rings. The lowest BCUT2D eigenvalue weighted by Gasteiger charge is -2.12. The highest BCUT2D eigenvalue weighted by Crippen LogP contribution is 2.34. The minimum atomic E-state index is -4.91. The summed E-state index contributed by atoms with van der Waals surface area (Å²) in [7, 11) is 0. The summed E-state index contributed by atoms with van der Waals surface area (Å²) in [6, 6.07) is 8.09. The maximum absolute atomic E-state index is 14.0. The highest BCUT2D eigenvalue weighted by atomic mass is 19.4. The number of pyridine rings is 2. The van der Waals surface area contributed by atoms with Crippen molar-refractivity contribution in [1.29, 1.82) is 5.26 Å². The predicted molar refractivity (Wildman–Crippen MR) is 109 cm³/mol. The van der Waals surface area contributed by atoms with E-state index >= 15 is 0 Å². The second kappa shape index (κ2) is 7.81. The Balaban J connectivity index is 1.52. The van der Waals surface area contributed by atoms with Gasteiger partial charge in [-0.2, -0.15) is 33.7 Å². The molecule has 1 N–H and O–H groups in total. The Labute approximate surface area is 187 Å². The quantitative estimate of drug-likeness (QED) is 0.432. The van der Waals surface area contributed by atoms with Gasteiger partial charge < -0.3 is 5.32 Å². The Morgan fingerprint density at radius 1 is 1.06 bits per heavy atom. The van der Waals surface area contributed by atoms with E-state index in [0.29, 0.717) is 10.3 Å². The molecule has 0 spiro atoms. The summed E-state index contributed by atoms with van der Waals surface area (Å²) in [5.41, 5.74) is -1.57. The van der Waals surface area contributed by atoms with Crippen LogP contribution in [0.5, 0.6) is 0 Å². The van der Waals surface area contributed by atoms with Gasteiger partial charge in [0.15, 0.2) is 17.3 Å². The molecule has 5 aromatic heterocycles. The third-order valence-electron chi connectivity index (χ3n) is 4.75. The zero-order valence-electron chi connectivity index (χ0n) is 16.8. The third-order valence-corrected chi connectivity index (χ3v) is 4.75. The van der Waals surface area contributed by atoms with E-state index in [1.807, 2.05) is 6.07 Å². The van der Waals surface area contributed by atoms with Gasteiger partial charge in [-0.25, -0.2) is 14.6 Å². The first-order valence-corrected chi connectivity index (χ1v) is 9.52. The Morgan fingerprint density at radius 3 is 2.59 bits per heavy atom. The van der Waals surface area contributed by atoms with E-state index in [0.717, 1.165) is 11.0 Å². The number of aromatic nitrogens is 8. The number of hydrogen-bond donors (Lipinski definition) is 1. The summed E-state index contributed by atoms with van der Waals surface area (Å²) in [6.07, 6.45) is 2.63. The van der Waals surface area contributed by atoms with E-state index in [2.05, 4.69) is 30.6 Å². The monoisotopic (exact) mass is 464 g/mol. The SMILES string of the molecule is N#Cc1cc(NC(=O)c2cnn(-c3cnc4ccccn34)c2C(F)(F)F)cnc1-n1nccn1. The van der Waals surface area contributed by atoms with Gasteiger partial charge in [-0.1, -0.05) is 6.07 Å². The largest absolute Gasteiger partial charge is 0.434 e. The van der Waals surface area contributed by atoms with Crippen molar-refractivity contribution in [2.75, 3.05) is 5.32 Å². The number of carbonyl (C=O) groups is 1. The lowest BCUT2D eigenvalue weighted by atomic mass is 10.2. The van der Waals surface area contributed by atoms with E-state index in [1.165, 1.54) is 41.5 Å². The highest BCUT2D eigenvalue weighted by molar-refractivity contribution is 6.05. The van der Waals surface area contributed by atoms with Gasteiger partial charge in [0.05, 0.1) is 42.2 Å². The van der Waals surface area contributed by atoms with E-state index in [4.69, 9.17) is 0 Å². The molecule has 0 atom stereocenters. The Bertz CT molecular complexity index is 1560. The van der Waals surface area contributed by atoms with Crippen LogP contribution in [0.4, 0.5) is 18.9 Å². The van der Waals surface area contributed by atoms with Crippen LogP contribution in [0.15, 0.2) is 61.4 Å². The van der Waals surface area contributed by atoms with Gasteiger partial charge in [-0.15, -0.1) is 4.80 Å². The van der Waals surface area contributed by atoms with Crippen LogP contribution < -0.4 is 5.32 Å². The van der Waals surface area contributed by atoms with Crippen molar-refractivity contribution in [2.45, 2.75) is 6.18 Å².